The van der Waals surface area contributed by atoms with E-state index in [-0.39, 0.29) is 18.4 Å². The number of hydrogen-bond acceptors (Lipinski definition) is 7. The second-order valence-electron chi connectivity index (χ2n) is 9.68. The Labute approximate surface area is 258 Å². The van der Waals surface area contributed by atoms with Crippen molar-refractivity contribution in [1.29, 1.82) is 0 Å². The number of aromatic nitrogens is 1. The summed E-state index contributed by atoms with van der Waals surface area (Å²) < 4.78 is 5.61. The fourth-order valence-corrected chi connectivity index (χ4v) is 4.87. The highest BCUT2D eigenvalue weighted by molar-refractivity contribution is 7.14. The highest BCUT2D eigenvalue weighted by Crippen LogP contribution is 2.27. The Hall–Kier alpha value is -4.99. The molecule has 0 saturated carbocycles. The molecular weight excluding hydrogens is 582 g/mol. The van der Waals surface area contributed by atoms with Crippen molar-refractivity contribution in [3.05, 3.63) is 124 Å². The fourth-order valence-electron chi connectivity index (χ4n) is 3.95. The van der Waals surface area contributed by atoms with Gasteiger partial charge in [0.05, 0.1) is 11.9 Å². The fraction of sp³-hybridized carbons (Fsp3) is 0.0909. The predicted octanol–water partition coefficient (Wildman–Crippen LogP) is 7.61. The van der Waals surface area contributed by atoms with Crippen molar-refractivity contribution < 1.29 is 14.3 Å². The largest absolute Gasteiger partial charge is 0.484 e. The molecule has 0 spiro atoms. The quantitative estimate of drug-likeness (QED) is 0.112. The number of hydrogen-bond donors (Lipinski definition) is 3. The molecular formula is C33H28ClN5O3S. The van der Waals surface area contributed by atoms with Crippen LogP contribution in [-0.2, 0) is 4.79 Å². The summed E-state index contributed by atoms with van der Waals surface area (Å²) in [7, 11) is 0. The van der Waals surface area contributed by atoms with Crippen molar-refractivity contribution in [3.63, 3.8) is 0 Å². The molecule has 0 unspecified atom stereocenters. The molecule has 0 aliphatic carbocycles. The number of hydrazone groups is 1. The minimum atomic E-state index is -0.344. The lowest BCUT2D eigenvalue weighted by molar-refractivity contribution is -0.118. The Morgan fingerprint density at radius 1 is 0.953 bits per heavy atom. The van der Waals surface area contributed by atoms with Crippen molar-refractivity contribution in [2.24, 2.45) is 5.10 Å². The van der Waals surface area contributed by atoms with Crippen molar-refractivity contribution >= 4 is 57.5 Å². The van der Waals surface area contributed by atoms with Crippen LogP contribution in [0.4, 0.5) is 16.5 Å². The van der Waals surface area contributed by atoms with Crippen LogP contribution in [0.3, 0.4) is 0 Å². The van der Waals surface area contributed by atoms with E-state index < -0.39 is 0 Å². The van der Waals surface area contributed by atoms with Gasteiger partial charge in [0.25, 0.3) is 11.8 Å². The van der Waals surface area contributed by atoms with Crippen molar-refractivity contribution in [1.82, 2.24) is 10.4 Å². The van der Waals surface area contributed by atoms with Crippen LogP contribution >= 0.6 is 22.9 Å². The van der Waals surface area contributed by atoms with Crippen LogP contribution in [0.5, 0.6) is 5.75 Å². The molecule has 43 heavy (non-hydrogen) atoms. The van der Waals surface area contributed by atoms with Crippen LogP contribution in [0.25, 0.3) is 11.3 Å². The number of amides is 2. The molecule has 0 aliphatic rings. The molecule has 0 saturated heterocycles. The standard InChI is InChI=1S/C33H28ClN5O3S/c1-21-6-13-26(14-7-21)37-33-38-30(20-43-33)24-9-11-25(12-10-24)32(41)39-35-18-23-4-3-5-28(16-23)42-19-31(40)36-27-15-8-22(2)29(34)17-27/h3-18,20H,19H2,1-2H3,(H,36,40)(H,37,38)(H,39,41)/b35-18+. The maximum Gasteiger partial charge on any atom is 0.271 e. The number of carbonyl (C=O) groups is 2. The molecule has 8 nitrogen and oxygen atoms in total. The van der Waals surface area contributed by atoms with E-state index in [0.29, 0.717) is 27.6 Å². The lowest BCUT2D eigenvalue weighted by atomic mass is 10.1. The summed E-state index contributed by atoms with van der Waals surface area (Å²) in [5.74, 6) is -0.170. The second-order valence-corrected chi connectivity index (χ2v) is 10.9. The van der Waals surface area contributed by atoms with Gasteiger partial charge in [-0.2, -0.15) is 5.10 Å². The predicted molar refractivity (Wildman–Crippen MR) is 174 cm³/mol. The highest BCUT2D eigenvalue weighted by atomic mass is 35.5. The summed E-state index contributed by atoms with van der Waals surface area (Å²) in [5.41, 5.74) is 9.12. The monoisotopic (exact) mass is 609 g/mol. The molecule has 0 radical (unpaired) electrons. The SMILES string of the molecule is Cc1ccc(Nc2nc(-c3ccc(C(=O)N/N=C/c4cccc(OCC(=O)Nc5ccc(C)c(Cl)c5)c4)cc3)cs2)cc1. The Morgan fingerprint density at radius 3 is 2.49 bits per heavy atom. The molecule has 3 N–H and O–H groups in total. The first-order valence-electron chi connectivity index (χ1n) is 13.3. The molecule has 1 aromatic heterocycles. The van der Waals surface area contributed by atoms with Crippen LogP contribution < -0.4 is 20.8 Å². The Bertz CT molecular complexity index is 1770. The molecule has 2 amide bonds. The van der Waals surface area contributed by atoms with E-state index in [1.54, 1.807) is 42.5 Å². The van der Waals surface area contributed by atoms with Crippen LogP contribution in [0, 0.1) is 13.8 Å². The van der Waals surface area contributed by atoms with Gasteiger partial charge in [-0.1, -0.05) is 59.6 Å². The number of thiazole rings is 1. The third kappa shape index (κ3) is 8.28. The summed E-state index contributed by atoms with van der Waals surface area (Å²) in [6.07, 6.45) is 1.51. The maximum absolute atomic E-state index is 12.6. The van der Waals surface area contributed by atoms with Gasteiger partial charge in [0.15, 0.2) is 11.7 Å². The van der Waals surface area contributed by atoms with Gasteiger partial charge in [-0.25, -0.2) is 10.4 Å². The van der Waals surface area contributed by atoms with Gasteiger partial charge in [-0.15, -0.1) is 11.3 Å². The molecule has 5 aromatic rings. The van der Waals surface area contributed by atoms with E-state index >= 15 is 0 Å². The maximum atomic E-state index is 12.6. The average Bonchev–Trinajstić information content (AvgIpc) is 3.48. The first kappa shape index (κ1) is 29.5. The van der Waals surface area contributed by atoms with E-state index in [0.717, 1.165) is 27.6 Å². The summed E-state index contributed by atoms with van der Waals surface area (Å²) in [6.45, 7) is 3.76. The molecule has 0 fully saturated rings. The first-order valence-corrected chi connectivity index (χ1v) is 14.6. The van der Waals surface area contributed by atoms with Crippen molar-refractivity contribution in [2.45, 2.75) is 13.8 Å². The number of rotatable bonds is 10. The van der Waals surface area contributed by atoms with Crippen LogP contribution in [0.2, 0.25) is 5.02 Å². The Kier molecular flexibility index (Phi) is 9.46. The number of nitrogens with zero attached hydrogens (tertiary/aromatic N) is 2. The Balaban J connectivity index is 1.11. The minimum Gasteiger partial charge on any atom is -0.484 e. The Morgan fingerprint density at radius 2 is 1.72 bits per heavy atom. The smallest absolute Gasteiger partial charge is 0.271 e. The second kappa shape index (κ2) is 13.8. The topological polar surface area (TPSA) is 105 Å². The molecule has 1 heterocycles. The molecule has 5 rings (SSSR count). The van der Waals surface area contributed by atoms with Crippen LogP contribution in [0.1, 0.15) is 27.0 Å². The van der Waals surface area contributed by atoms with Gasteiger partial charge in [-0.3, -0.25) is 9.59 Å². The average molecular weight is 610 g/mol. The van der Waals surface area contributed by atoms with Crippen LogP contribution in [-0.4, -0.2) is 29.6 Å². The molecule has 0 atom stereocenters. The van der Waals surface area contributed by atoms with Crippen LogP contribution in [0.15, 0.2) is 101 Å². The van der Waals surface area contributed by atoms with Gasteiger partial charge in [0, 0.05) is 32.9 Å². The van der Waals surface area contributed by atoms with E-state index in [2.05, 4.69) is 26.1 Å². The van der Waals surface area contributed by atoms with Gasteiger partial charge in [-0.05, 0) is 73.5 Å². The molecule has 0 aliphatic heterocycles. The summed E-state index contributed by atoms with van der Waals surface area (Å²) in [6, 6.07) is 27.6. The summed E-state index contributed by atoms with van der Waals surface area (Å²) in [4.78, 5) is 29.5. The minimum absolute atomic E-state index is 0.176. The number of aryl methyl sites for hydroxylation is 2. The zero-order chi connectivity index (χ0) is 30.2. The number of anilines is 3. The number of nitrogens with one attached hydrogen (secondary N) is 3. The number of carbonyl (C=O) groups excluding carboxylic acids is 2. The number of benzene rings is 4. The highest BCUT2D eigenvalue weighted by Gasteiger charge is 2.09. The van der Waals surface area contributed by atoms with Crippen molar-refractivity contribution in [2.75, 3.05) is 17.2 Å². The number of halogens is 1. The molecule has 0 bridgehead atoms. The molecule has 4 aromatic carbocycles. The molecule has 10 heteroatoms. The van der Waals surface area contributed by atoms with E-state index in [1.165, 1.54) is 23.1 Å². The summed E-state index contributed by atoms with van der Waals surface area (Å²) >= 11 is 7.63. The summed E-state index contributed by atoms with van der Waals surface area (Å²) in [5, 5.41) is 13.5. The first-order chi connectivity index (χ1) is 20.8. The molecule has 216 valence electrons. The zero-order valence-electron chi connectivity index (χ0n) is 23.4. The van der Waals surface area contributed by atoms with Crippen molar-refractivity contribution in [3.8, 4) is 17.0 Å². The normalized spacial score (nSPS) is 10.9. The number of ether oxygens (including phenoxy) is 1. The third-order valence-electron chi connectivity index (χ3n) is 6.31. The van der Waals surface area contributed by atoms with Gasteiger partial charge >= 0.3 is 0 Å². The zero-order valence-corrected chi connectivity index (χ0v) is 25.0. The van der Waals surface area contributed by atoms with Gasteiger partial charge in [0.2, 0.25) is 0 Å². The van der Waals surface area contributed by atoms with Gasteiger partial charge in [0.1, 0.15) is 5.75 Å². The lowest BCUT2D eigenvalue weighted by Crippen LogP contribution is -2.20. The van der Waals surface area contributed by atoms with Gasteiger partial charge < -0.3 is 15.4 Å². The third-order valence-corrected chi connectivity index (χ3v) is 7.48. The van der Waals surface area contributed by atoms with E-state index in [9.17, 15) is 9.59 Å². The van der Waals surface area contributed by atoms with E-state index in [4.69, 9.17) is 16.3 Å². The van der Waals surface area contributed by atoms with E-state index in [1.807, 2.05) is 67.8 Å². The lowest BCUT2D eigenvalue weighted by Gasteiger charge is -2.09.